The van der Waals surface area contributed by atoms with Crippen LogP contribution in [0.4, 0.5) is 0 Å². The van der Waals surface area contributed by atoms with Gasteiger partial charge in [-0.25, -0.2) is 4.98 Å². The van der Waals surface area contributed by atoms with Gasteiger partial charge in [-0.2, -0.15) is 0 Å². The number of unbranched alkanes of at least 4 members (excludes halogenated alkanes) is 2. The fourth-order valence-corrected chi connectivity index (χ4v) is 3.07. The van der Waals surface area contributed by atoms with Crippen LogP contribution in [-0.2, 0) is 0 Å². The van der Waals surface area contributed by atoms with E-state index < -0.39 is 0 Å². The highest BCUT2D eigenvalue weighted by molar-refractivity contribution is 9.10. The van der Waals surface area contributed by atoms with Crippen molar-refractivity contribution in [3.63, 3.8) is 0 Å². The number of halogens is 3. The average molecular weight is 399 g/mol. The van der Waals surface area contributed by atoms with Gasteiger partial charge in [-0.15, -0.1) is 24.8 Å². The molecule has 1 N–H and O–H groups in total. The third kappa shape index (κ3) is 6.83. The molecule has 0 unspecified atom stereocenters. The number of pyridine rings is 1. The first-order valence-electron chi connectivity index (χ1n) is 7.38. The van der Waals surface area contributed by atoms with Crippen LogP contribution in [0.3, 0.4) is 0 Å². The van der Waals surface area contributed by atoms with Crippen molar-refractivity contribution in [1.82, 2.24) is 15.2 Å². The molecule has 0 radical (unpaired) electrons. The zero-order valence-corrected chi connectivity index (χ0v) is 15.8. The molecule has 0 aliphatic carbocycles. The maximum Gasteiger partial charge on any atom is 0.106 e. The van der Waals surface area contributed by atoms with Gasteiger partial charge >= 0.3 is 0 Å². The largest absolute Gasteiger partial charge is 0.314 e. The first-order chi connectivity index (χ1) is 9.31. The highest BCUT2D eigenvalue weighted by atomic mass is 79.9. The molecule has 1 fully saturated rings. The summed E-state index contributed by atoms with van der Waals surface area (Å²) in [6.07, 6.45) is 5.10. The van der Waals surface area contributed by atoms with Crippen LogP contribution < -0.4 is 5.32 Å². The standard InChI is InChI=1S/C15H24BrN3.2ClH/c1-2-3-4-7-14(19-11-9-17-10-12-19)13-6-5-8-15(16)18-13;;/h5-6,8,14,17H,2-4,7,9-12H2,1H3;2*1H/t14-;;/m0../s1. The Morgan fingerprint density at radius 1 is 1.24 bits per heavy atom. The highest BCUT2D eigenvalue weighted by Gasteiger charge is 2.22. The molecule has 0 spiro atoms. The van der Waals surface area contributed by atoms with Crippen LogP contribution in [0.1, 0.15) is 44.3 Å². The number of aromatic nitrogens is 1. The second-order valence-corrected chi connectivity index (χ2v) is 6.00. The average Bonchev–Trinajstić information content (AvgIpc) is 2.45. The van der Waals surface area contributed by atoms with Gasteiger partial charge in [0.1, 0.15) is 4.60 Å². The van der Waals surface area contributed by atoms with E-state index in [-0.39, 0.29) is 24.8 Å². The summed E-state index contributed by atoms with van der Waals surface area (Å²) < 4.78 is 0.945. The lowest BCUT2D eigenvalue weighted by molar-refractivity contribution is 0.159. The van der Waals surface area contributed by atoms with Crippen LogP contribution in [0, 0.1) is 0 Å². The molecule has 1 aromatic rings. The van der Waals surface area contributed by atoms with E-state index in [0.29, 0.717) is 6.04 Å². The van der Waals surface area contributed by atoms with Gasteiger partial charge in [0.05, 0.1) is 11.7 Å². The smallest absolute Gasteiger partial charge is 0.106 e. The van der Waals surface area contributed by atoms with Crippen molar-refractivity contribution < 1.29 is 0 Å². The second kappa shape index (κ2) is 11.7. The van der Waals surface area contributed by atoms with E-state index in [4.69, 9.17) is 0 Å². The molecular weight excluding hydrogens is 373 g/mol. The summed E-state index contributed by atoms with van der Waals surface area (Å²) in [5.41, 5.74) is 1.22. The normalized spacial score (nSPS) is 16.7. The summed E-state index contributed by atoms with van der Waals surface area (Å²) in [7, 11) is 0. The van der Waals surface area contributed by atoms with Crippen molar-refractivity contribution in [3.05, 3.63) is 28.5 Å². The van der Waals surface area contributed by atoms with E-state index in [0.717, 1.165) is 30.8 Å². The fraction of sp³-hybridized carbons (Fsp3) is 0.667. The van der Waals surface area contributed by atoms with Gasteiger partial charge in [0.25, 0.3) is 0 Å². The van der Waals surface area contributed by atoms with Gasteiger partial charge in [-0.3, -0.25) is 4.90 Å². The molecule has 21 heavy (non-hydrogen) atoms. The molecule has 0 saturated carbocycles. The van der Waals surface area contributed by atoms with E-state index in [1.807, 2.05) is 6.07 Å². The molecule has 1 aromatic heterocycles. The molecule has 3 nitrogen and oxygen atoms in total. The van der Waals surface area contributed by atoms with Crippen molar-refractivity contribution in [3.8, 4) is 0 Å². The molecule has 0 aromatic carbocycles. The van der Waals surface area contributed by atoms with Gasteiger partial charge in [-0.05, 0) is 34.5 Å². The third-order valence-corrected chi connectivity index (χ3v) is 4.19. The van der Waals surface area contributed by atoms with Gasteiger partial charge in [0, 0.05) is 26.2 Å². The van der Waals surface area contributed by atoms with Crippen LogP contribution in [-0.4, -0.2) is 36.1 Å². The number of piperazine rings is 1. The summed E-state index contributed by atoms with van der Waals surface area (Å²) in [5.74, 6) is 0. The first-order valence-corrected chi connectivity index (χ1v) is 8.18. The van der Waals surface area contributed by atoms with Gasteiger partial charge in [0.2, 0.25) is 0 Å². The fourth-order valence-electron chi connectivity index (χ4n) is 2.71. The molecular formula is C15H26BrCl2N3. The Morgan fingerprint density at radius 3 is 2.57 bits per heavy atom. The minimum absolute atomic E-state index is 0. The predicted octanol–water partition coefficient (Wildman–Crippen LogP) is 4.21. The monoisotopic (exact) mass is 397 g/mol. The number of hydrogen-bond donors (Lipinski definition) is 1. The van der Waals surface area contributed by atoms with E-state index >= 15 is 0 Å². The molecule has 0 amide bonds. The van der Waals surface area contributed by atoms with Gasteiger partial charge < -0.3 is 5.32 Å². The number of nitrogens with zero attached hydrogens (tertiary/aromatic N) is 2. The first kappa shape index (κ1) is 21.1. The van der Waals surface area contributed by atoms with E-state index in [9.17, 15) is 0 Å². The van der Waals surface area contributed by atoms with Crippen LogP contribution in [0.25, 0.3) is 0 Å². The van der Waals surface area contributed by atoms with E-state index in [1.54, 1.807) is 0 Å². The van der Waals surface area contributed by atoms with Crippen LogP contribution in [0.5, 0.6) is 0 Å². The van der Waals surface area contributed by atoms with Crippen molar-refractivity contribution in [2.75, 3.05) is 26.2 Å². The zero-order valence-electron chi connectivity index (χ0n) is 12.6. The maximum atomic E-state index is 4.68. The van der Waals surface area contributed by atoms with Crippen molar-refractivity contribution in [2.45, 2.75) is 38.6 Å². The molecule has 0 bridgehead atoms. The number of hydrogen-bond acceptors (Lipinski definition) is 3. The Balaban J connectivity index is 0.00000200. The van der Waals surface area contributed by atoms with Gasteiger partial charge in [-0.1, -0.05) is 32.3 Å². The number of rotatable bonds is 6. The summed E-state index contributed by atoms with van der Waals surface area (Å²) >= 11 is 3.49. The third-order valence-electron chi connectivity index (χ3n) is 3.75. The molecule has 1 atom stereocenters. The van der Waals surface area contributed by atoms with E-state index in [2.05, 4.69) is 50.2 Å². The summed E-state index contributed by atoms with van der Waals surface area (Å²) in [6, 6.07) is 6.75. The van der Waals surface area contributed by atoms with Crippen LogP contribution >= 0.6 is 40.7 Å². The lowest BCUT2D eigenvalue weighted by atomic mass is 10.0. The molecule has 2 rings (SSSR count). The molecule has 1 aliphatic rings. The predicted molar refractivity (Wildman–Crippen MR) is 97.8 cm³/mol. The topological polar surface area (TPSA) is 28.2 Å². The minimum atomic E-state index is 0. The minimum Gasteiger partial charge on any atom is -0.314 e. The van der Waals surface area contributed by atoms with Crippen LogP contribution in [0.15, 0.2) is 22.8 Å². The lowest BCUT2D eigenvalue weighted by Gasteiger charge is -2.34. The Bertz CT molecular complexity index is 387. The Morgan fingerprint density at radius 2 is 1.95 bits per heavy atom. The molecule has 1 aliphatic heterocycles. The summed E-state index contributed by atoms with van der Waals surface area (Å²) in [5, 5.41) is 3.43. The lowest BCUT2D eigenvalue weighted by Crippen LogP contribution is -2.45. The SMILES string of the molecule is CCCCC[C@@H](c1cccc(Br)n1)N1CCNCC1.Cl.Cl. The Labute approximate surface area is 149 Å². The summed E-state index contributed by atoms with van der Waals surface area (Å²) in [6.45, 7) is 6.71. The van der Waals surface area contributed by atoms with Crippen molar-refractivity contribution in [2.24, 2.45) is 0 Å². The number of nitrogens with one attached hydrogen (secondary N) is 1. The Hall–Kier alpha value is 0.130. The second-order valence-electron chi connectivity index (χ2n) is 5.18. The molecule has 6 heteroatoms. The van der Waals surface area contributed by atoms with Crippen LogP contribution in [0.2, 0.25) is 0 Å². The van der Waals surface area contributed by atoms with Crippen molar-refractivity contribution >= 4 is 40.7 Å². The molecule has 2 heterocycles. The van der Waals surface area contributed by atoms with Crippen molar-refractivity contribution in [1.29, 1.82) is 0 Å². The zero-order chi connectivity index (χ0) is 13.5. The highest BCUT2D eigenvalue weighted by Crippen LogP contribution is 2.26. The van der Waals surface area contributed by atoms with E-state index in [1.165, 1.54) is 31.4 Å². The summed E-state index contributed by atoms with van der Waals surface area (Å²) in [4.78, 5) is 7.27. The molecule has 1 saturated heterocycles. The molecule has 122 valence electrons. The maximum absolute atomic E-state index is 4.68. The van der Waals surface area contributed by atoms with Gasteiger partial charge in [0.15, 0.2) is 0 Å². The quantitative estimate of drug-likeness (QED) is 0.574. The Kier molecular flexibility index (Phi) is 11.7.